The number of rotatable bonds is 21. The van der Waals surface area contributed by atoms with Gasteiger partial charge in [0, 0.05) is 61.8 Å². The van der Waals surface area contributed by atoms with Crippen molar-refractivity contribution >= 4 is 29.5 Å². The summed E-state index contributed by atoms with van der Waals surface area (Å²) in [6.07, 6.45) is -0.591. The molecule has 0 rings (SSSR count). The van der Waals surface area contributed by atoms with E-state index in [-0.39, 0.29) is 51.1 Å². The first-order chi connectivity index (χ1) is 22.6. The highest BCUT2D eigenvalue weighted by Gasteiger charge is 2.34. The molecule has 3 atom stereocenters. The standard InChI is InChI=1S/2C12H24N2O4.C9H19NO3/c1-4-6-13-9(16)5-7-14-11(18)10(17)12(2,3)8-15;1-4-5-9(16)13-6-7-14-11(18)10(17)12(2,3)8-15;1-4-5-10-8(13)7(12)9(2,3)6-11/h2*10,15,17H,4-8H2,1-3H3,(H,13,16)(H,14,18);7,11-12H,4-6H2,1-3H3,(H,10,13)/t2*10-;7-/m111/s1. The predicted octanol–water partition coefficient (Wildman–Crippen LogP) is -1.31. The Kier molecular flexibility index (Phi) is 27.7. The van der Waals surface area contributed by atoms with E-state index in [1.54, 1.807) is 41.5 Å². The quantitative estimate of drug-likeness (QED) is 0.0623. The minimum atomic E-state index is -1.29. The Labute approximate surface area is 292 Å². The molecule has 0 spiro atoms. The molecule has 0 aromatic rings. The summed E-state index contributed by atoms with van der Waals surface area (Å²) in [6, 6.07) is 0. The predicted molar refractivity (Wildman–Crippen MR) is 186 cm³/mol. The Balaban J connectivity index is -0.000000658. The SMILES string of the molecule is CCCC(=O)NCCNC(=O)[C@@H](O)C(C)(C)CO.CCCNC(=O)CCNC(=O)[C@@H](O)C(C)(C)CO.CCCNC(=O)[C@@H](O)C(C)(C)CO. The summed E-state index contributed by atoms with van der Waals surface area (Å²) >= 11 is 0. The smallest absolute Gasteiger partial charge is 0.249 e. The maximum Gasteiger partial charge on any atom is 0.249 e. The van der Waals surface area contributed by atoms with Gasteiger partial charge in [0.15, 0.2) is 0 Å². The van der Waals surface area contributed by atoms with Crippen LogP contribution < -0.4 is 26.6 Å². The lowest BCUT2D eigenvalue weighted by Gasteiger charge is -2.27. The van der Waals surface area contributed by atoms with E-state index in [0.29, 0.717) is 26.1 Å². The highest BCUT2D eigenvalue weighted by Crippen LogP contribution is 2.21. The molecule has 11 N–H and O–H groups in total. The van der Waals surface area contributed by atoms with Gasteiger partial charge in [-0.05, 0) is 19.3 Å². The molecule has 0 aliphatic heterocycles. The zero-order chi connectivity index (χ0) is 38.8. The van der Waals surface area contributed by atoms with E-state index >= 15 is 0 Å². The molecule has 0 aromatic heterocycles. The Bertz CT molecular complexity index is 961. The number of nitrogens with one attached hydrogen (secondary N) is 5. The van der Waals surface area contributed by atoms with Gasteiger partial charge >= 0.3 is 0 Å². The average Bonchev–Trinajstić information content (AvgIpc) is 3.07. The third kappa shape index (κ3) is 23.2. The second-order valence-corrected chi connectivity index (χ2v) is 13.7. The van der Waals surface area contributed by atoms with Gasteiger partial charge < -0.3 is 57.2 Å². The van der Waals surface area contributed by atoms with Crippen LogP contribution in [0.15, 0.2) is 0 Å². The van der Waals surface area contributed by atoms with Gasteiger partial charge in [0.05, 0.1) is 19.8 Å². The van der Waals surface area contributed by atoms with Gasteiger partial charge in [-0.15, -0.1) is 0 Å². The Hall–Kier alpha value is -2.89. The summed E-state index contributed by atoms with van der Waals surface area (Å²) < 4.78 is 0. The minimum absolute atomic E-state index is 0.0528. The van der Waals surface area contributed by atoms with Crippen molar-refractivity contribution in [3.8, 4) is 0 Å². The lowest BCUT2D eigenvalue weighted by atomic mass is 9.87. The molecule has 0 saturated heterocycles. The van der Waals surface area contributed by atoms with Crippen LogP contribution in [0, 0.1) is 16.2 Å². The molecule has 0 aliphatic rings. The Morgan fingerprint density at radius 2 is 0.735 bits per heavy atom. The largest absolute Gasteiger partial charge is 0.396 e. The molecule has 0 unspecified atom stereocenters. The summed E-state index contributed by atoms with van der Waals surface area (Å²) in [7, 11) is 0. The maximum absolute atomic E-state index is 11.5. The van der Waals surface area contributed by atoms with Crippen molar-refractivity contribution in [1.82, 2.24) is 26.6 Å². The molecule has 0 aliphatic carbocycles. The maximum atomic E-state index is 11.5. The van der Waals surface area contributed by atoms with Crippen LogP contribution in [0.2, 0.25) is 0 Å². The Morgan fingerprint density at radius 1 is 0.449 bits per heavy atom. The molecule has 49 heavy (non-hydrogen) atoms. The second-order valence-electron chi connectivity index (χ2n) is 13.7. The third-order valence-electron chi connectivity index (χ3n) is 7.18. The first-order valence-corrected chi connectivity index (χ1v) is 16.9. The van der Waals surface area contributed by atoms with Crippen molar-refractivity contribution in [3.05, 3.63) is 0 Å². The molecule has 5 amide bonds. The number of aliphatic hydroxyl groups is 6. The molecule has 16 nitrogen and oxygen atoms in total. The summed E-state index contributed by atoms with van der Waals surface area (Å²) in [5.41, 5.74) is -2.55. The van der Waals surface area contributed by atoms with Gasteiger partial charge in [0.25, 0.3) is 0 Å². The molecular weight excluding hydrogens is 642 g/mol. The van der Waals surface area contributed by atoms with E-state index in [4.69, 9.17) is 15.3 Å². The third-order valence-corrected chi connectivity index (χ3v) is 7.18. The van der Waals surface area contributed by atoms with E-state index in [2.05, 4.69) is 26.6 Å². The van der Waals surface area contributed by atoms with Crippen molar-refractivity contribution in [2.24, 2.45) is 16.2 Å². The van der Waals surface area contributed by atoms with Crippen LogP contribution in [0.25, 0.3) is 0 Å². The van der Waals surface area contributed by atoms with Crippen LogP contribution in [-0.2, 0) is 24.0 Å². The van der Waals surface area contributed by atoms with Crippen LogP contribution in [0.5, 0.6) is 0 Å². The molecule has 0 heterocycles. The van der Waals surface area contributed by atoms with E-state index in [1.165, 1.54) is 0 Å². The normalized spacial score (nSPS) is 13.2. The lowest BCUT2D eigenvalue weighted by molar-refractivity contribution is -0.137. The first kappa shape index (κ1) is 50.5. The van der Waals surface area contributed by atoms with Crippen molar-refractivity contribution in [3.63, 3.8) is 0 Å². The van der Waals surface area contributed by atoms with Crippen LogP contribution in [0.3, 0.4) is 0 Å². The van der Waals surface area contributed by atoms with Gasteiger partial charge in [-0.1, -0.05) is 62.3 Å². The van der Waals surface area contributed by atoms with Crippen molar-refractivity contribution < 1.29 is 54.6 Å². The molecule has 290 valence electrons. The fourth-order valence-electron chi connectivity index (χ4n) is 3.22. The molecule has 0 aromatic carbocycles. The highest BCUT2D eigenvalue weighted by atomic mass is 16.3. The van der Waals surface area contributed by atoms with E-state index < -0.39 is 52.3 Å². The first-order valence-electron chi connectivity index (χ1n) is 16.9. The lowest BCUT2D eigenvalue weighted by Crippen LogP contribution is -2.47. The highest BCUT2D eigenvalue weighted by molar-refractivity contribution is 5.83. The summed E-state index contributed by atoms with van der Waals surface area (Å²) in [5, 5.41) is 68.7. The molecule has 0 saturated carbocycles. The van der Waals surface area contributed by atoms with Crippen LogP contribution >= 0.6 is 0 Å². The molecule has 0 radical (unpaired) electrons. The van der Waals surface area contributed by atoms with Gasteiger partial charge in [-0.25, -0.2) is 0 Å². The van der Waals surface area contributed by atoms with Gasteiger partial charge in [0.2, 0.25) is 29.5 Å². The average molecular weight is 710 g/mol. The number of carbonyl (C=O) groups is 5. The number of aliphatic hydroxyl groups excluding tert-OH is 6. The van der Waals surface area contributed by atoms with E-state index in [0.717, 1.165) is 19.3 Å². The topological polar surface area (TPSA) is 267 Å². The number of hydrogen-bond donors (Lipinski definition) is 11. The minimum Gasteiger partial charge on any atom is -0.396 e. The molecular formula is C33H67N5O11. The zero-order valence-electron chi connectivity index (χ0n) is 31.1. The second kappa shape index (κ2) is 26.9. The fourth-order valence-corrected chi connectivity index (χ4v) is 3.22. The van der Waals surface area contributed by atoms with Crippen molar-refractivity contribution in [2.45, 2.75) is 113 Å². The van der Waals surface area contributed by atoms with Gasteiger partial charge in [0.1, 0.15) is 18.3 Å². The van der Waals surface area contributed by atoms with Crippen LogP contribution in [0.4, 0.5) is 0 Å². The fraction of sp³-hybridized carbons (Fsp3) is 0.848. The van der Waals surface area contributed by atoms with Gasteiger partial charge in [-0.2, -0.15) is 0 Å². The number of amides is 5. The van der Waals surface area contributed by atoms with Gasteiger partial charge in [-0.3, -0.25) is 24.0 Å². The monoisotopic (exact) mass is 709 g/mol. The zero-order valence-corrected chi connectivity index (χ0v) is 31.1. The number of carbonyl (C=O) groups excluding carboxylic acids is 5. The molecule has 0 fully saturated rings. The van der Waals surface area contributed by atoms with Crippen LogP contribution in [0.1, 0.15) is 94.4 Å². The van der Waals surface area contributed by atoms with E-state index in [9.17, 15) is 39.3 Å². The Morgan fingerprint density at radius 3 is 1.08 bits per heavy atom. The van der Waals surface area contributed by atoms with Crippen molar-refractivity contribution in [1.29, 1.82) is 0 Å². The number of hydrogen-bond acceptors (Lipinski definition) is 11. The summed E-state index contributed by atoms with van der Waals surface area (Å²) in [6.45, 7) is 16.6. The summed E-state index contributed by atoms with van der Waals surface area (Å²) in [5.74, 6) is -1.71. The van der Waals surface area contributed by atoms with Crippen molar-refractivity contribution in [2.75, 3.05) is 52.5 Å². The van der Waals surface area contributed by atoms with E-state index in [1.807, 2.05) is 20.8 Å². The molecule has 0 bridgehead atoms. The molecule has 16 heteroatoms. The van der Waals surface area contributed by atoms with Crippen LogP contribution in [-0.4, -0.2) is 131 Å². The summed E-state index contributed by atoms with van der Waals surface area (Å²) in [4.78, 5) is 56.7.